The summed E-state index contributed by atoms with van der Waals surface area (Å²) in [4.78, 5) is 2.58. The second-order valence-electron chi connectivity index (χ2n) is 5.45. The zero-order chi connectivity index (χ0) is 14.0. The van der Waals surface area contributed by atoms with E-state index in [1.54, 1.807) is 6.07 Å². The molecule has 1 aromatic carbocycles. The predicted octanol–water partition coefficient (Wildman–Crippen LogP) is 2.07. The lowest BCUT2D eigenvalue weighted by molar-refractivity contribution is -0.0553. The molecule has 0 aliphatic carbocycles. The van der Waals surface area contributed by atoms with Crippen LogP contribution in [-0.4, -0.2) is 35.2 Å². The van der Waals surface area contributed by atoms with Crippen LogP contribution in [0, 0.1) is 5.82 Å². The molecule has 0 atom stereocenters. The molecule has 0 aromatic heterocycles. The van der Waals surface area contributed by atoms with Crippen LogP contribution >= 0.6 is 12.2 Å². The van der Waals surface area contributed by atoms with Gasteiger partial charge in [0.25, 0.3) is 0 Å². The summed E-state index contributed by atoms with van der Waals surface area (Å²) >= 11 is 5.03. The molecule has 0 radical (unpaired) electrons. The van der Waals surface area contributed by atoms with E-state index < -0.39 is 0 Å². The first kappa shape index (κ1) is 14.4. The Bertz CT molecular complexity index is 490. The number of morpholine rings is 1. The Kier molecular flexibility index (Phi) is 4.18. The van der Waals surface area contributed by atoms with E-state index in [-0.39, 0.29) is 11.4 Å². The number of nitrogens with two attached hydrogens (primary N) is 1. The Labute approximate surface area is 118 Å². The van der Waals surface area contributed by atoms with Crippen LogP contribution in [0.2, 0.25) is 0 Å². The molecule has 1 fully saturated rings. The number of thiocarbonyl (C=S) groups is 1. The number of nitrogens with zero attached hydrogens (tertiary/aromatic N) is 1. The summed E-state index contributed by atoms with van der Waals surface area (Å²) in [5.41, 5.74) is 7.22. The van der Waals surface area contributed by atoms with E-state index in [4.69, 9.17) is 22.7 Å². The fourth-order valence-corrected chi connectivity index (χ4v) is 2.52. The van der Waals surface area contributed by atoms with Crippen molar-refractivity contribution < 1.29 is 9.13 Å². The zero-order valence-corrected chi connectivity index (χ0v) is 12.1. The first-order valence-corrected chi connectivity index (χ1v) is 6.72. The molecule has 1 heterocycles. The average molecular weight is 282 g/mol. The van der Waals surface area contributed by atoms with E-state index in [9.17, 15) is 4.39 Å². The molecular weight excluding hydrogens is 263 g/mol. The van der Waals surface area contributed by atoms with Gasteiger partial charge < -0.3 is 10.5 Å². The van der Waals surface area contributed by atoms with E-state index in [0.717, 1.165) is 17.7 Å². The minimum Gasteiger partial charge on any atom is -0.389 e. The molecule has 1 saturated heterocycles. The molecule has 1 aliphatic heterocycles. The van der Waals surface area contributed by atoms with Gasteiger partial charge in [0.05, 0.1) is 13.2 Å². The molecule has 0 bridgehead atoms. The maximum Gasteiger partial charge on any atom is 0.123 e. The van der Waals surface area contributed by atoms with Crippen LogP contribution in [0.5, 0.6) is 0 Å². The Morgan fingerprint density at radius 1 is 1.53 bits per heavy atom. The number of rotatable bonds is 3. The summed E-state index contributed by atoms with van der Waals surface area (Å²) < 4.78 is 18.9. The largest absolute Gasteiger partial charge is 0.389 e. The Hall–Kier alpha value is -1.04. The van der Waals surface area contributed by atoms with Gasteiger partial charge in [0, 0.05) is 24.2 Å². The molecule has 0 amide bonds. The SMILES string of the molecule is CC1(C)COCCN1Cc1cc(F)ccc1C(N)=S. The number of hydrogen-bond donors (Lipinski definition) is 1. The topological polar surface area (TPSA) is 38.5 Å². The minimum atomic E-state index is -0.263. The molecule has 3 nitrogen and oxygen atoms in total. The molecule has 2 N–H and O–H groups in total. The van der Waals surface area contributed by atoms with Gasteiger partial charge in [0.15, 0.2) is 0 Å². The van der Waals surface area contributed by atoms with Gasteiger partial charge in [0.1, 0.15) is 10.8 Å². The van der Waals surface area contributed by atoms with Crippen LogP contribution in [0.1, 0.15) is 25.0 Å². The summed E-state index contributed by atoms with van der Waals surface area (Å²) in [6.45, 7) is 7.05. The van der Waals surface area contributed by atoms with Gasteiger partial charge in [-0.1, -0.05) is 12.2 Å². The van der Waals surface area contributed by atoms with E-state index in [1.807, 2.05) is 0 Å². The first-order valence-electron chi connectivity index (χ1n) is 6.31. The minimum absolute atomic E-state index is 0.0714. The second kappa shape index (κ2) is 5.53. The highest BCUT2D eigenvalue weighted by atomic mass is 32.1. The highest BCUT2D eigenvalue weighted by molar-refractivity contribution is 7.80. The van der Waals surface area contributed by atoms with Crippen LogP contribution in [0.25, 0.3) is 0 Å². The van der Waals surface area contributed by atoms with E-state index >= 15 is 0 Å². The lowest BCUT2D eigenvalue weighted by Gasteiger charge is -2.42. The highest BCUT2D eigenvalue weighted by Crippen LogP contribution is 2.23. The molecule has 0 spiro atoms. The van der Waals surface area contributed by atoms with Gasteiger partial charge in [-0.25, -0.2) is 4.39 Å². The first-order chi connectivity index (χ1) is 8.90. The summed E-state index contributed by atoms with van der Waals surface area (Å²) in [5, 5.41) is 0. The molecule has 0 saturated carbocycles. The van der Waals surface area contributed by atoms with Crippen LogP contribution in [0.15, 0.2) is 18.2 Å². The summed E-state index contributed by atoms with van der Waals surface area (Å²) in [5.74, 6) is -0.263. The summed E-state index contributed by atoms with van der Waals surface area (Å²) in [7, 11) is 0. The summed E-state index contributed by atoms with van der Waals surface area (Å²) in [6.07, 6.45) is 0. The van der Waals surface area contributed by atoms with Crippen molar-refractivity contribution >= 4 is 17.2 Å². The monoisotopic (exact) mass is 282 g/mol. The van der Waals surface area contributed by atoms with Crippen molar-refractivity contribution in [3.63, 3.8) is 0 Å². The number of halogens is 1. The lowest BCUT2D eigenvalue weighted by atomic mass is 9.99. The second-order valence-corrected chi connectivity index (χ2v) is 5.89. The third-order valence-corrected chi connectivity index (χ3v) is 3.73. The van der Waals surface area contributed by atoms with Gasteiger partial charge in [0.2, 0.25) is 0 Å². The molecule has 1 aromatic rings. The average Bonchev–Trinajstić information content (AvgIpc) is 2.31. The maximum atomic E-state index is 13.4. The Morgan fingerprint density at radius 2 is 2.26 bits per heavy atom. The van der Waals surface area contributed by atoms with Gasteiger partial charge in [-0.2, -0.15) is 0 Å². The molecule has 5 heteroatoms. The van der Waals surface area contributed by atoms with Crippen LogP contribution in [0.3, 0.4) is 0 Å². The van der Waals surface area contributed by atoms with Gasteiger partial charge in [-0.05, 0) is 37.6 Å². The van der Waals surface area contributed by atoms with Gasteiger partial charge >= 0.3 is 0 Å². The molecule has 1 aliphatic rings. The van der Waals surface area contributed by atoms with E-state index in [1.165, 1.54) is 12.1 Å². The standard InChI is InChI=1S/C14H19FN2OS/c1-14(2)9-18-6-5-17(14)8-10-7-11(15)3-4-12(10)13(16)19/h3-4,7H,5-6,8-9H2,1-2H3,(H2,16,19). The fourth-order valence-electron chi connectivity index (χ4n) is 2.32. The molecule has 104 valence electrons. The van der Waals surface area contributed by atoms with E-state index in [2.05, 4.69) is 18.7 Å². The van der Waals surface area contributed by atoms with Crippen molar-refractivity contribution in [1.82, 2.24) is 4.90 Å². The maximum absolute atomic E-state index is 13.4. The Balaban J connectivity index is 2.27. The molecular formula is C14H19FN2OS. The van der Waals surface area contributed by atoms with Crippen LogP contribution in [0.4, 0.5) is 4.39 Å². The third kappa shape index (κ3) is 3.29. The predicted molar refractivity (Wildman–Crippen MR) is 77.6 cm³/mol. The number of benzene rings is 1. The van der Waals surface area contributed by atoms with Crippen molar-refractivity contribution in [2.75, 3.05) is 19.8 Å². The normalized spacial score (nSPS) is 19.3. The molecule has 19 heavy (non-hydrogen) atoms. The quantitative estimate of drug-likeness (QED) is 0.861. The van der Waals surface area contributed by atoms with Crippen molar-refractivity contribution in [1.29, 1.82) is 0 Å². The van der Waals surface area contributed by atoms with Crippen LogP contribution < -0.4 is 5.73 Å². The smallest absolute Gasteiger partial charge is 0.123 e. The Morgan fingerprint density at radius 3 is 2.89 bits per heavy atom. The van der Waals surface area contributed by atoms with Crippen molar-refractivity contribution in [3.05, 3.63) is 35.1 Å². The number of hydrogen-bond acceptors (Lipinski definition) is 3. The van der Waals surface area contributed by atoms with Gasteiger partial charge in [-0.3, -0.25) is 4.90 Å². The van der Waals surface area contributed by atoms with Crippen molar-refractivity contribution in [2.24, 2.45) is 5.73 Å². The summed E-state index contributed by atoms with van der Waals surface area (Å²) in [6, 6.07) is 4.56. The lowest BCUT2D eigenvalue weighted by Crippen LogP contribution is -2.52. The zero-order valence-electron chi connectivity index (χ0n) is 11.3. The van der Waals surface area contributed by atoms with Crippen molar-refractivity contribution in [2.45, 2.75) is 25.9 Å². The van der Waals surface area contributed by atoms with Crippen molar-refractivity contribution in [3.8, 4) is 0 Å². The van der Waals surface area contributed by atoms with Gasteiger partial charge in [-0.15, -0.1) is 0 Å². The molecule has 2 rings (SSSR count). The third-order valence-electron chi connectivity index (χ3n) is 3.51. The van der Waals surface area contributed by atoms with E-state index in [0.29, 0.717) is 24.7 Å². The molecule has 0 unspecified atom stereocenters. The fraction of sp³-hybridized carbons (Fsp3) is 0.500. The number of ether oxygens (including phenoxy) is 1. The van der Waals surface area contributed by atoms with Crippen LogP contribution in [-0.2, 0) is 11.3 Å². The highest BCUT2D eigenvalue weighted by Gasteiger charge is 2.30.